The van der Waals surface area contributed by atoms with E-state index in [9.17, 15) is 9.59 Å². The second kappa shape index (κ2) is 8.18. The molecule has 3 unspecified atom stereocenters. The summed E-state index contributed by atoms with van der Waals surface area (Å²) in [5.74, 6) is -1.02. The number of carbonyl (C=O) groups excluding carboxylic acids is 2. The van der Waals surface area contributed by atoms with Gasteiger partial charge < -0.3 is 9.47 Å². The van der Waals surface area contributed by atoms with Crippen molar-refractivity contribution in [3.05, 3.63) is 46.7 Å². The summed E-state index contributed by atoms with van der Waals surface area (Å²) in [5, 5.41) is 0.507. The van der Waals surface area contributed by atoms with Crippen LogP contribution in [0.2, 0.25) is 5.02 Å². The molecule has 4 atom stereocenters. The maximum Gasteiger partial charge on any atom is 0.359 e. The second-order valence-electron chi connectivity index (χ2n) is 6.44. The van der Waals surface area contributed by atoms with Crippen LogP contribution < -0.4 is 0 Å². The first-order valence-corrected chi connectivity index (χ1v) is 8.81. The molecule has 0 N–H and O–H groups in total. The number of carbonyl (C=O) groups is 2. The Balaban J connectivity index is 0.00000210. The number of methoxy groups -OCH3 is 1. The molecule has 2 saturated heterocycles. The van der Waals surface area contributed by atoms with Crippen molar-refractivity contribution >= 4 is 40.5 Å². The number of esters is 1. The Labute approximate surface area is 171 Å². The van der Waals surface area contributed by atoms with E-state index in [4.69, 9.17) is 30.8 Å². The number of nitrogens with zero attached hydrogens (tertiary/aromatic N) is 1. The third kappa shape index (κ3) is 3.59. The van der Waals surface area contributed by atoms with E-state index in [0.29, 0.717) is 23.7 Å². The minimum absolute atomic E-state index is 0. The molecule has 9 heteroatoms. The maximum absolute atomic E-state index is 12.0. The molecule has 3 heterocycles. The van der Waals surface area contributed by atoms with E-state index in [-0.39, 0.29) is 23.0 Å². The Kier molecular flexibility index (Phi) is 6.10. The summed E-state index contributed by atoms with van der Waals surface area (Å²) >= 11 is 6.43. The topological polar surface area (TPSA) is 74.3 Å². The number of halogens is 2. The Bertz CT molecular complexity index is 772. The summed E-state index contributed by atoms with van der Waals surface area (Å²) in [6, 6.07) is 6.89. The highest BCUT2D eigenvalue weighted by Gasteiger charge is 2.51. The molecule has 27 heavy (non-hydrogen) atoms. The van der Waals surface area contributed by atoms with Crippen LogP contribution in [0.5, 0.6) is 0 Å². The monoisotopic (exact) mass is 459 g/mol. The second-order valence-corrected chi connectivity index (χ2v) is 6.85. The SMILES string of the molecule is Br.COC1=CC(=O)OC1C(c1ccccc1Cl)C1OOC(=O)[C@@H]2CCCN12. The van der Waals surface area contributed by atoms with E-state index < -0.39 is 30.2 Å². The summed E-state index contributed by atoms with van der Waals surface area (Å²) < 4.78 is 10.9. The smallest absolute Gasteiger partial charge is 0.359 e. The van der Waals surface area contributed by atoms with Gasteiger partial charge in [-0.15, -0.1) is 17.0 Å². The average Bonchev–Trinajstić information content (AvgIpc) is 3.26. The van der Waals surface area contributed by atoms with Crippen molar-refractivity contribution in [2.24, 2.45) is 0 Å². The van der Waals surface area contributed by atoms with Crippen LogP contribution in [0.3, 0.4) is 0 Å². The van der Waals surface area contributed by atoms with E-state index in [1.165, 1.54) is 13.2 Å². The third-order valence-electron chi connectivity index (χ3n) is 5.04. The summed E-state index contributed by atoms with van der Waals surface area (Å²) in [5.41, 5.74) is 0.727. The van der Waals surface area contributed by atoms with Gasteiger partial charge in [-0.05, 0) is 24.5 Å². The van der Waals surface area contributed by atoms with Crippen LogP contribution in [0.15, 0.2) is 36.1 Å². The molecule has 0 amide bonds. The zero-order valence-corrected chi connectivity index (χ0v) is 17.0. The molecule has 0 bridgehead atoms. The Morgan fingerprint density at radius 3 is 2.81 bits per heavy atom. The average molecular weight is 461 g/mol. The predicted octanol–water partition coefficient (Wildman–Crippen LogP) is 2.74. The van der Waals surface area contributed by atoms with Gasteiger partial charge in [0.25, 0.3) is 0 Å². The first-order chi connectivity index (χ1) is 12.6. The number of hydrogen-bond acceptors (Lipinski definition) is 7. The first kappa shape index (κ1) is 20.1. The lowest BCUT2D eigenvalue weighted by molar-refractivity contribution is -0.357. The largest absolute Gasteiger partial charge is 0.497 e. The molecule has 3 aliphatic heterocycles. The molecule has 0 aliphatic carbocycles. The minimum atomic E-state index is -0.726. The zero-order valence-electron chi connectivity index (χ0n) is 14.5. The molecule has 1 aromatic carbocycles. The minimum Gasteiger partial charge on any atom is -0.497 e. The lowest BCUT2D eigenvalue weighted by Gasteiger charge is -2.40. The maximum atomic E-state index is 12.0. The summed E-state index contributed by atoms with van der Waals surface area (Å²) in [7, 11) is 1.48. The van der Waals surface area contributed by atoms with Crippen LogP contribution in [-0.4, -0.2) is 48.9 Å². The van der Waals surface area contributed by atoms with Crippen LogP contribution in [-0.2, 0) is 28.8 Å². The molecule has 2 fully saturated rings. The van der Waals surface area contributed by atoms with Crippen molar-refractivity contribution in [1.82, 2.24) is 4.90 Å². The van der Waals surface area contributed by atoms with Gasteiger partial charge in [0.1, 0.15) is 11.8 Å². The van der Waals surface area contributed by atoms with Gasteiger partial charge in [-0.3, -0.25) is 9.79 Å². The van der Waals surface area contributed by atoms with E-state index >= 15 is 0 Å². The quantitative estimate of drug-likeness (QED) is 0.505. The Morgan fingerprint density at radius 1 is 1.30 bits per heavy atom. The summed E-state index contributed by atoms with van der Waals surface area (Å²) in [6.45, 7) is 0.679. The zero-order chi connectivity index (χ0) is 18.3. The number of benzene rings is 1. The molecule has 3 aliphatic rings. The van der Waals surface area contributed by atoms with Crippen LogP contribution in [0.1, 0.15) is 24.3 Å². The Hall–Kier alpha value is -1.61. The number of cyclic esters (lactones) is 1. The molecule has 1 aromatic rings. The first-order valence-electron chi connectivity index (χ1n) is 8.43. The fourth-order valence-electron chi connectivity index (χ4n) is 3.87. The summed E-state index contributed by atoms with van der Waals surface area (Å²) in [6.07, 6.45) is 1.49. The Morgan fingerprint density at radius 2 is 2.07 bits per heavy atom. The highest BCUT2D eigenvalue weighted by atomic mass is 79.9. The molecule has 7 nitrogen and oxygen atoms in total. The number of fused-ring (bicyclic) bond motifs is 1. The van der Waals surface area contributed by atoms with Gasteiger partial charge in [-0.1, -0.05) is 29.8 Å². The van der Waals surface area contributed by atoms with Crippen molar-refractivity contribution in [2.45, 2.75) is 37.1 Å². The van der Waals surface area contributed by atoms with Crippen LogP contribution in [0, 0.1) is 0 Å². The molecule has 0 radical (unpaired) electrons. The van der Waals surface area contributed by atoms with Crippen LogP contribution >= 0.6 is 28.6 Å². The number of hydrogen-bond donors (Lipinski definition) is 0. The van der Waals surface area contributed by atoms with Gasteiger partial charge in [0.05, 0.1) is 19.1 Å². The van der Waals surface area contributed by atoms with Gasteiger partial charge in [-0.25, -0.2) is 9.59 Å². The lowest BCUT2D eigenvalue weighted by Crippen LogP contribution is -2.54. The predicted molar refractivity (Wildman–Crippen MR) is 100 cm³/mol. The van der Waals surface area contributed by atoms with Gasteiger partial charge in [0.15, 0.2) is 12.3 Å². The molecular weight excluding hydrogens is 442 g/mol. The fourth-order valence-corrected chi connectivity index (χ4v) is 4.13. The lowest BCUT2D eigenvalue weighted by atomic mass is 9.89. The third-order valence-corrected chi connectivity index (χ3v) is 5.38. The normalized spacial score (nSPS) is 28.5. The van der Waals surface area contributed by atoms with Gasteiger partial charge >= 0.3 is 11.9 Å². The highest BCUT2D eigenvalue weighted by Crippen LogP contribution is 2.42. The molecule has 146 valence electrons. The molecule has 0 spiro atoms. The number of ether oxygens (including phenoxy) is 2. The summed E-state index contributed by atoms with van der Waals surface area (Å²) in [4.78, 5) is 36.2. The molecule has 4 rings (SSSR count). The van der Waals surface area contributed by atoms with E-state index in [1.54, 1.807) is 6.07 Å². The fraction of sp³-hybridized carbons (Fsp3) is 0.444. The standard InChI is InChI=1S/C18H18ClNO6.BrH/c1-23-13-9-14(21)24-16(13)15(10-5-2-3-6-11(10)19)17-20-8-4-7-12(20)18(22)26-25-17;/h2-3,5-6,9,12,15-17H,4,7-8H2,1H3;1H/t12-,15?,16?,17?;/m0./s1. The van der Waals surface area contributed by atoms with E-state index in [1.807, 2.05) is 23.1 Å². The van der Waals surface area contributed by atoms with Gasteiger partial charge in [0.2, 0.25) is 0 Å². The highest BCUT2D eigenvalue weighted by molar-refractivity contribution is 8.93. The van der Waals surface area contributed by atoms with Crippen LogP contribution in [0.25, 0.3) is 0 Å². The number of rotatable bonds is 4. The van der Waals surface area contributed by atoms with Crippen molar-refractivity contribution in [3.8, 4) is 0 Å². The van der Waals surface area contributed by atoms with E-state index in [0.717, 1.165) is 12.0 Å². The van der Waals surface area contributed by atoms with Gasteiger partial charge in [-0.2, -0.15) is 4.89 Å². The van der Waals surface area contributed by atoms with E-state index in [2.05, 4.69) is 0 Å². The van der Waals surface area contributed by atoms with Crippen molar-refractivity contribution in [2.75, 3.05) is 13.7 Å². The van der Waals surface area contributed by atoms with Crippen molar-refractivity contribution < 1.29 is 28.8 Å². The molecule has 0 saturated carbocycles. The molecule has 0 aromatic heterocycles. The molecular formula is C18H19BrClNO6. The van der Waals surface area contributed by atoms with Crippen LogP contribution in [0.4, 0.5) is 0 Å². The van der Waals surface area contributed by atoms with Gasteiger partial charge in [0, 0.05) is 11.6 Å². The van der Waals surface area contributed by atoms with Crippen molar-refractivity contribution in [1.29, 1.82) is 0 Å². The van der Waals surface area contributed by atoms with Crippen molar-refractivity contribution in [3.63, 3.8) is 0 Å².